The van der Waals surface area contributed by atoms with Gasteiger partial charge in [-0.15, -0.1) is 0 Å². The van der Waals surface area contributed by atoms with Crippen molar-refractivity contribution in [2.24, 2.45) is 0 Å². The van der Waals surface area contributed by atoms with Crippen molar-refractivity contribution in [3.8, 4) is 11.1 Å². The van der Waals surface area contributed by atoms with Crippen LogP contribution in [0.15, 0.2) is 42.5 Å². The van der Waals surface area contributed by atoms with Gasteiger partial charge in [0.05, 0.1) is 0 Å². The van der Waals surface area contributed by atoms with Gasteiger partial charge in [-0.25, -0.2) is 4.39 Å². The number of rotatable bonds is 2. The molecule has 1 N–H and O–H groups in total. The molecule has 1 aliphatic heterocycles. The van der Waals surface area contributed by atoms with Crippen LogP contribution in [-0.4, -0.2) is 13.1 Å². The molecule has 0 saturated carbocycles. The zero-order chi connectivity index (χ0) is 13.9. The Bertz CT molecular complexity index is 606. The minimum Gasteiger partial charge on any atom is -0.316 e. The first-order valence-corrected chi connectivity index (χ1v) is 7.27. The number of hydrogen-bond acceptors (Lipinski definition) is 1. The molecular formula is C18H20FN. The van der Waals surface area contributed by atoms with Gasteiger partial charge in [-0.2, -0.15) is 0 Å². The molecule has 0 fully saturated rings. The van der Waals surface area contributed by atoms with Crippen molar-refractivity contribution >= 4 is 0 Å². The van der Waals surface area contributed by atoms with Crippen molar-refractivity contribution in [1.29, 1.82) is 0 Å². The molecule has 20 heavy (non-hydrogen) atoms. The lowest BCUT2D eigenvalue weighted by Crippen LogP contribution is -2.18. The van der Waals surface area contributed by atoms with Crippen LogP contribution in [0.5, 0.6) is 0 Å². The van der Waals surface area contributed by atoms with E-state index in [1.54, 1.807) is 0 Å². The van der Waals surface area contributed by atoms with Crippen molar-refractivity contribution in [2.45, 2.75) is 25.9 Å². The second-order valence-electron chi connectivity index (χ2n) is 5.56. The number of halogens is 1. The molecule has 2 heteroatoms. The lowest BCUT2D eigenvalue weighted by atomic mass is 9.91. The minimum absolute atomic E-state index is 0.411. The van der Waals surface area contributed by atoms with Gasteiger partial charge in [-0.1, -0.05) is 49.4 Å². The highest BCUT2D eigenvalue weighted by atomic mass is 19.1. The Hall–Kier alpha value is -1.67. The topological polar surface area (TPSA) is 12.0 Å². The predicted octanol–water partition coefficient (Wildman–Crippen LogP) is 4.07. The van der Waals surface area contributed by atoms with Crippen LogP contribution in [0.2, 0.25) is 0 Å². The summed E-state index contributed by atoms with van der Waals surface area (Å²) in [5, 5.41) is 3.47. The van der Waals surface area contributed by atoms with E-state index in [1.807, 2.05) is 24.3 Å². The Labute approximate surface area is 119 Å². The fraction of sp³-hybridized carbons (Fsp3) is 0.333. The molecule has 0 aliphatic carbocycles. The van der Waals surface area contributed by atoms with Crippen molar-refractivity contribution in [3.05, 3.63) is 59.2 Å². The Kier molecular flexibility index (Phi) is 3.83. The molecule has 1 atom stereocenters. The predicted molar refractivity (Wildman–Crippen MR) is 81.7 cm³/mol. The normalized spacial score (nSPS) is 18.4. The molecule has 0 bridgehead atoms. The molecule has 2 aromatic rings. The first-order valence-electron chi connectivity index (χ1n) is 7.27. The summed E-state index contributed by atoms with van der Waals surface area (Å²) in [5.74, 6) is 0.540. The van der Waals surface area contributed by atoms with Gasteiger partial charge in [0.25, 0.3) is 0 Å². The number of hydrogen-bond donors (Lipinski definition) is 1. The molecule has 1 aliphatic rings. The van der Waals surface area contributed by atoms with Crippen LogP contribution in [0.3, 0.4) is 0 Å². The lowest BCUT2D eigenvalue weighted by Gasteiger charge is -2.14. The van der Waals surface area contributed by atoms with Crippen LogP contribution >= 0.6 is 0 Å². The maximum Gasteiger partial charge on any atom is 0.115 e. The summed E-state index contributed by atoms with van der Waals surface area (Å²) in [4.78, 5) is 0. The van der Waals surface area contributed by atoms with Gasteiger partial charge in [-0.05, 0) is 46.7 Å². The second-order valence-corrected chi connectivity index (χ2v) is 5.56. The smallest absolute Gasteiger partial charge is 0.115 e. The fourth-order valence-electron chi connectivity index (χ4n) is 3.04. The summed E-state index contributed by atoms with van der Waals surface area (Å²) in [6.45, 7) is 3.90. The highest BCUT2D eigenvalue weighted by Gasteiger charge is 2.15. The van der Waals surface area contributed by atoms with Gasteiger partial charge < -0.3 is 5.32 Å². The monoisotopic (exact) mass is 269 g/mol. The summed E-state index contributed by atoms with van der Waals surface area (Å²) in [5.41, 5.74) is 5.74. The summed E-state index contributed by atoms with van der Waals surface area (Å²) < 4.78 is 13.1. The number of benzene rings is 2. The van der Waals surface area contributed by atoms with E-state index in [9.17, 15) is 4.39 Å². The second kappa shape index (κ2) is 5.76. The van der Waals surface area contributed by atoms with Crippen LogP contribution < -0.4 is 5.32 Å². The molecule has 0 spiro atoms. The quantitative estimate of drug-likeness (QED) is 0.866. The zero-order valence-corrected chi connectivity index (χ0v) is 11.8. The Morgan fingerprint density at radius 3 is 2.90 bits per heavy atom. The standard InChI is InChI=1S/C18H20FN/c1-13-12-20-9-8-15-10-14(6-7-17(13)15)18-5-3-2-4-16(18)11-19/h2-7,10,13,20H,8-9,11-12H2,1H3. The van der Waals surface area contributed by atoms with Crippen LogP contribution in [0.1, 0.15) is 29.5 Å². The van der Waals surface area contributed by atoms with Crippen molar-refractivity contribution in [1.82, 2.24) is 5.32 Å². The minimum atomic E-state index is -0.411. The molecule has 0 radical (unpaired) electrons. The van der Waals surface area contributed by atoms with E-state index in [0.717, 1.165) is 36.2 Å². The molecule has 0 amide bonds. The lowest BCUT2D eigenvalue weighted by molar-refractivity contribution is 0.486. The van der Waals surface area contributed by atoms with E-state index < -0.39 is 6.67 Å². The van der Waals surface area contributed by atoms with E-state index >= 15 is 0 Å². The third kappa shape index (κ3) is 2.48. The van der Waals surface area contributed by atoms with Gasteiger partial charge in [0, 0.05) is 6.54 Å². The van der Waals surface area contributed by atoms with Crippen LogP contribution in [0, 0.1) is 0 Å². The summed E-state index contributed by atoms with van der Waals surface area (Å²) >= 11 is 0. The maximum absolute atomic E-state index is 13.1. The molecule has 1 nitrogen and oxygen atoms in total. The SMILES string of the molecule is CC1CNCCc2cc(-c3ccccc3CF)ccc21. The zero-order valence-electron chi connectivity index (χ0n) is 11.8. The fourth-order valence-corrected chi connectivity index (χ4v) is 3.04. The van der Waals surface area contributed by atoms with Gasteiger partial charge in [0.2, 0.25) is 0 Å². The molecule has 1 unspecified atom stereocenters. The molecule has 3 rings (SSSR count). The molecule has 0 aromatic heterocycles. The average molecular weight is 269 g/mol. The highest BCUT2D eigenvalue weighted by molar-refractivity contribution is 5.68. The van der Waals surface area contributed by atoms with Crippen molar-refractivity contribution < 1.29 is 4.39 Å². The van der Waals surface area contributed by atoms with E-state index in [0.29, 0.717) is 5.92 Å². The first-order chi connectivity index (χ1) is 9.79. The third-order valence-corrected chi connectivity index (χ3v) is 4.17. The summed E-state index contributed by atoms with van der Waals surface area (Å²) in [7, 11) is 0. The molecule has 104 valence electrons. The third-order valence-electron chi connectivity index (χ3n) is 4.17. The number of nitrogens with one attached hydrogen (secondary N) is 1. The highest BCUT2D eigenvalue weighted by Crippen LogP contribution is 2.30. The Morgan fingerprint density at radius 2 is 2.05 bits per heavy atom. The van der Waals surface area contributed by atoms with Crippen LogP contribution in [0.4, 0.5) is 4.39 Å². The number of alkyl halides is 1. The van der Waals surface area contributed by atoms with Gasteiger partial charge in [0.1, 0.15) is 6.67 Å². The molecular weight excluding hydrogens is 249 g/mol. The Morgan fingerprint density at radius 1 is 1.20 bits per heavy atom. The van der Waals surface area contributed by atoms with E-state index in [4.69, 9.17) is 0 Å². The van der Waals surface area contributed by atoms with Gasteiger partial charge in [0.15, 0.2) is 0 Å². The van der Waals surface area contributed by atoms with Gasteiger partial charge in [-0.3, -0.25) is 0 Å². The summed E-state index contributed by atoms with van der Waals surface area (Å²) in [6.07, 6.45) is 1.05. The van der Waals surface area contributed by atoms with E-state index in [-0.39, 0.29) is 0 Å². The Balaban J connectivity index is 2.06. The van der Waals surface area contributed by atoms with Crippen LogP contribution in [-0.2, 0) is 13.1 Å². The summed E-state index contributed by atoms with van der Waals surface area (Å²) in [6, 6.07) is 14.3. The van der Waals surface area contributed by atoms with Crippen LogP contribution in [0.25, 0.3) is 11.1 Å². The molecule has 1 heterocycles. The van der Waals surface area contributed by atoms with Crippen molar-refractivity contribution in [2.75, 3.05) is 13.1 Å². The first kappa shape index (κ1) is 13.3. The van der Waals surface area contributed by atoms with Crippen molar-refractivity contribution in [3.63, 3.8) is 0 Å². The van der Waals surface area contributed by atoms with E-state index in [2.05, 4.69) is 30.4 Å². The molecule has 0 saturated heterocycles. The van der Waals surface area contributed by atoms with E-state index in [1.165, 1.54) is 11.1 Å². The molecule has 2 aromatic carbocycles. The average Bonchev–Trinajstić information content (AvgIpc) is 2.68. The largest absolute Gasteiger partial charge is 0.316 e. The maximum atomic E-state index is 13.1. The van der Waals surface area contributed by atoms with Gasteiger partial charge >= 0.3 is 0 Å². The number of fused-ring (bicyclic) bond motifs is 1.